The maximum Gasteiger partial charge on any atom is 0.189 e. The van der Waals surface area contributed by atoms with Crippen LogP contribution in [0.1, 0.15) is 17.1 Å². The largest absolute Gasteiger partial charge is 0.379 e. The van der Waals surface area contributed by atoms with Gasteiger partial charge in [-0.25, -0.2) is 15.0 Å². The van der Waals surface area contributed by atoms with Crippen LogP contribution in [0.5, 0.6) is 0 Å². The van der Waals surface area contributed by atoms with Gasteiger partial charge in [0.2, 0.25) is 0 Å². The molecule has 8 nitrogen and oxygen atoms in total. The fraction of sp³-hybridized carbons (Fsp3) is 0.500. The molecule has 0 unspecified atom stereocenters. The average molecular weight is 359 g/mol. The first-order chi connectivity index (χ1) is 12.2. The zero-order chi connectivity index (χ0) is 17.5. The number of hydrogen-bond donors (Lipinski definition) is 2. The van der Waals surface area contributed by atoms with Gasteiger partial charge in [-0.3, -0.25) is 4.90 Å². The maximum absolute atomic E-state index is 8.87. The third-order valence-corrected chi connectivity index (χ3v) is 4.57. The zero-order valence-corrected chi connectivity index (χ0v) is 15.0. The molecule has 1 saturated heterocycles. The normalized spacial score (nSPS) is 14.9. The van der Waals surface area contributed by atoms with Crippen molar-refractivity contribution in [3.8, 4) is 6.07 Å². The predicted octanol–water partition coefficient (Wildman–Crippen LogP) is 1.99. The molecule has 2 aromatic rings. The molecular formula is C16H21N7OS. The summed E-state index contributed by atoms with van der Waals surface area (Å²) in [5.41, 5.74) is 0. The molecule has 3 heterocycles. The van der Waals surface area contributed by atoms with E-state index in [1.165, 1.54) is 11.3 Å². The lowest BCUT2D eigenvalue weighted by atomic mass is 10.3. The number of morpholine rings is 1. The molecule has 132 valence electrons. The second kappa shape index (κ2) is 8.71. The summed E-state index contributed by atoms with van der Waals surface area (Å²) < 4.78 is 5.36. The van der Waals surface area contributed by atoms with Crippen LogP contribution in [0.25, 0.3) is 0 Å². The molecule has 0 aromatic carbocycles. The molecule has 0 radical (unpaired) electrons. The molecule has 0 spiro atoms. The van der Waals surface area contributed by atoms with Crippen LogP contribution in [0.2, 0.25) is 0 Å². The predicted molar refractivity (Wildman–Crippen MR) is 97.2 cm³/mol. The number of nitrogens with zero attached hydrogens (tertiary/aromatic N) is 5. The van der Waals surface area contributed by atoms with E-state index < -0.39 is 0 Å². The second-order valence-corrected chi connectivity index (χ2v) is 6.72. The summed E-state index contributed by atoms with van der Waals surface area (Å²) in [5, 5.41) is 16.0. The molecule has 2 N–H and O–H groups in total. The SMILES string of the molecule is Cc1nc(NCCCN2CCOCC2)cc(Nc2ncc(C#N)s2)n1. The molecule has 1 fully saturated rings. The van der Waals surface area contributed by atoms with Crippen molar-refractivity contribution in [2.24, 2.45) is 0 Å². The number of nitrogens with one attached hydrogen (secondary N) is 2. The van der Waals surface area contributed by atoms with E-state index >= 15 is 0 Å². The topological polar surface area (TPSA) is 99.0 Å². The van der Waals surface area contributed by atoms with E-state index in [0.29, 0.717) is 21.7 Å². The smallest absolute Gasteiger partial charge is 0.189 e. The second-order valence-electron chi connectivity index (χ2n) is 5.69. The minimum Gasteiger partial charge on any atom is -0.379 e. The van der Waals surface area contributed by atoms with Crippen LogP contribution < -0.4 is 10.6 Å². The van der Waals surface area contributed by atoms with Crippen molar-refractivity contribution < 1.29 is 4.74 Å². The number of rotatable bonds is 7. The molecule has 1 aliphatic heterocycles. The van der Waals surface area contributed by atoms with Crippen molar-refractivity contribution in [2.45, 2.75) is 13.3 Å². The van der Waals surface area contributed by atoms with Crippen LogP contribution in [0, 0.1) is 18.3 Å². The summed E-state index contributed by atoms with van der Waals surface area (Å²) in [4.78, 5) is 15.9. The van der Waals surface area contributed by atoms with Crippen molar-refractivity contribution in [3.63, 3.8) is 0 Å². The van der Waals surface area contributed by atoms with Crippen LogP contribution in [0.3, 0.4) is 0 Å². The van der Waals surface area contributed by atoms with Crippen molar-refractivity contribution >= 4 is 28.1 Å². The summed E-state index contributed by atoms with van der Waals surface area (Å²) >= 11 is 1.30. The van der Waals surface area contributed by atoms with Crippen LogP contribution in [0.15, 0.2) is 12.3 Å². The monoisotopic (exact) mass is 359 g/mol. The summed E-state index contributed by atoms with van der Waals surface area (Å²) in [6.07, 6.45) is 2.59. The van der Waals surface area contributed by atoms with Gasteiger partial charge >= 0.3 is 0 Å². The van der Waals surface area contributed by atoms with Crippen LogP contribution in [0.4, 0.5) is 16.8 Å². The molecule has 0 aliphatic carbocycles. The number of nitriles is 1. The molecule has 0 bridgehead atoms. The highest BCUT2D eigenvalue weighted by Crippen LogP contribution is 2.22. The Kier molecular flexibility index (Phi) is 6.11. The summed E-state index contributed by atoms with van der Waals surface area (Å²) in [5.74, 6) is 2.13. The van der Waals surface area contributed by atoms with Crippen molar-refractivity contribution in [1.29, 1.82) is 5.26 Å². The molecule has 1 aliphatic rings. The van der Waals surface area contributed by atoms with E-state index in [9.17, 15) is 0 Å². The summed E-state index contributed by atoms with van der Waals surface area (Å²) in [7, 11) is 0. The zero-order valence-electron chi connectivity index (χ0n) is 14.2. The Morgan fingerprint density at radius 2 is 2.12 bits per heavy atom. The van der Waals surface area contributed by atoms with Gasteiger partial charge in [0.1, 0.15) is 28.4 Å². The van der Waals surface area contributed by atoms with E-state index in [4.69, 9.17) is 10.00 Å². The molecule has 0 amide bonds. The third-order valence-electron chi connectivity index (χ3n) is 3.75. The van der Waals surface area contributed by atoms with E-state index in [1.807, 2.05) is 13.0 Å². The molecular weight excluding hydrogens is 338 g/mol. The standard InChI is InChI=1S/C16H21N7OS/c1-12-20-14(18-3-2-4-23-5-7-24-8-6-23)9-15(21-12)22-16-19-11-13(10-17)25-16/h9,11H,2-8H2,1H3,(H2,18,19,20,21,22). The Hall–Kier alpha value is -2.28. The average Bonchev–Trinajstić information content (AvgIpc) is 3.07. The Labute approximate surface area is 150 Å². The lowest BCUT2D eigenvalue weighted by molar-refractivity contribution is 0.0378. The lowest BCUT2D eigenvalue weighted by Crippen LogP contribution is -2.37. The minimum atomic E-state index is 0.565. The van der Waals surface area contributed by atoms with Crippen LogP contribution >= 0.6 is 11.3 Å². The van der Waals surface area contributed by atoms with E-state index in [-0.39, 0.29) is 0 Å². The van der Waals surface area contributed by atoms with Gasteiger partial charge in [-0.1, -0.05) is 11.3 Å². The fourth-order valence-corrected chi connectivity index (χ4v) is 3.18. The van der Waals surface area contributed by atoms with E-state index in [0.717, 1.165) is 51.6 Å². The number of hydrogen-bond acceptors (Lipinski definition) is 9. The Morgan fingerprint density at radius 1 is 1.32 bits per heavy atom. The summed E-state index contributed by atoms with van der Waals surface area (Å²) in [6, 6.07) is 3.93. The van der Waals surface area contributed by atoms with E-state index in [1.54, 1.807) is 6.20 Å². The first-order valence-electron chi connectivity index (χ1n) is 8.25. The lowest BCUT2D eigenvalue weighted by Gasteiger charge is -2.26. The van der Waals surface area contributed by atoms with Crippen molar-refractivity contribution in [1.82, 2.24) is 19.9 Å². The minimum absolute atomic E-state index is 0.565. The molecule has 25 heavy (non-hydrogen) atoms. The summed E-state index contributed by atoms with van der Waals surface area (Å²) in [6.45, 7) is 7.45. The Morgan fingerprint density at radius 3 is 2.88 bits per heavy atom. The van der Waals surface area contributed by atoms with E-state index in [2.05, 4.69) is 36.6 Å². The first-order valence-corrected chi connectivity index (χ1v) is 9.07. The van der Waals surface area contributed by atoms with Gasteiger partial charge in [0, 0.05) is 25.7 Å². The molecule has 0 saturated carbocycles. The quantitative estimate of drug-likeness (QED) is 0.724. The van der Waals surface area contributed by atoms with Gasteiger partial charge in [-0.05, 0) is 19.9 Å². The van der Waals surface area contributed by atoms with Crippen LogP contribution in [-0.4, -0.2) is 59.2 Å². The molecule has 3 rings (SSSR count). The first kappa shape index (κ1) is 17.5. The van der Waals surface area contributed by atoms with Gasteiger partial charge in [0.25, 0.3) is 0 Å². The molecule has 9 heteroatoms. The van der Waals surface area contributed by atoms with Gasteiger partial charge in [-0.15, -0.1) is 0 Å². The fourth-order valence-electron chi connectivity index (χ4n) is 2.56. The highest BCUT2D eigenvalue weighted by molar-refractivity contribution is 7.16. The highest BCUT2D eigenvalue weighted by atomic mass is 32.1. The third kappa shape index (κ3) is 5.35. The maximum atomic E-state index is 8.87. The van der Waals surface area contributed by atoms with Gasteiger partial charge in [-0.2, -0.15) is 5.26 Å². The van der Waals surface area contributed by atoms with Crippen molar-refractivity contribution in [2.75, 3.05) is 50.0 Å². The Balaban J connectivity index is 1.51. The number of aromatic nitrogens is 3. The number of anilines is 3. The van der Waals surface area contributed by atoms with Gasteiger partial charge in [0.05, 0.1) is 19.4 Å². The number of ether oxygens (including phenoxy) is 1. The Bertz CT molecular complexity index is 736. The van der Waals surface area contributed by atoms with Crippen molar-refractivity contribution in [3.05, 3.63) is 23.0 Å². The molecule has 2 aromatic heterocycles. The number of thiazole rings is 1. The molecule has 0 atom stereocenters. The highest BCUT2D eigenvalue weighted by Gasteiger charge is 2.09. The van der Waals surface area contributed by atoms with Crippen LogP contribution in [-0.2, 0) is 4.74 Å². The van der Waals surface area contributed by atoms with Gasteiger partial charge < -0.3 is 15.4 Å². The van der Waals surface area contributed by atoms with Gasteiger partial charge in [0.15, 0.2) is 5.13 Å². The number of aryl methyl sites for hydroxylation is 1.